The number of pyridine rings is 1. The number of H-pyrrole nitrogens is 1. The number of aromatic amines is 1. The molecule has 0 saturated carbocycles. The van der Waals surface area contributed by atoms with Gasteiger partial charge in [-0.25, -0.2) is 27.7 Å². The lowest BCUT2D eigenvalue weighted by atomic mass is 9.99. The SMILES string of the molecule is CC(C)(F)c1ncc(C(=O)N2CCc3[nH]cnc3[C@@H]2c2cc3c(C(F)F)cccn3n2)o1. The predicted molar refractivity (Wildman–Crippen MR) is 106 cm³/mol. The first-order valence-corrected chi connectivity index (χ1v) is 9.98. The van der Waals surface area contributed by atoms with Gasteiger partial charge in [-0.3, -0.25) is 4.79 Å². The standard InChI is InChI=1S/C21H19F3N6O2/c1-21(2,24)20-25-9-15(32-20)19(31)29-7-5-12-16(27-10-26-12)17(29)13-8-14-11(18(22)23)4-3-6-30(14)28-13/h3-4,6,8-10,17-18H,5,7H2,1-2H3,(H,26,27)/t17-/m0/s1. The molecular formula is C21H19F3N6O2. The van der Waals surface area contributed by atoms with E-state index in [9.17, 15) is 18.0 Å². The number of fused-ring (bicyclic) bond motifs is 2. The highest BCUT2D eigenvalue weighted by Gasteiger charge is 2.38. The molecule has 0 aliphatic carbocycles. The van der Waals surface area contributed by atoms with Crippen molar-refractivity contribution in [3.8, 4) is 0 Å². The van der Waals surface area contributed by atoms with E-state index in [0.717, 1.165) is 5.69 Å². The van der Waals surface area contributed by atoms with Gasteiger partial charge in [-0.15, -0.1) is 0 Å². The van der Waals surface area contributed by atoms with E-state index >= 15 is 0 Å². The van der Waals surface area contributed by atoms with Crippen LogP contribution >= 0.6 is 0 Å². The summed E-state index contributed by atoms with van der Waals surface area (Å²) < 4.78 is 47.9. The number of hydrogen-bond acceptors (Lipinski definition) is 5. The zero-order chi connectivity index (χ0) is 22.6. The van der Waals surface area contributed by atoms with Crippen molar-refractivity contribution in [3.05, 3.63) is 71.2 Å². The van der Waals surface area contributed by atoms with Crippen LogP contribution in [0.25, 0.3) is 5.52 Å². The van der Waals surface area contributed by atoms with E-state index in [-0.39, 0.29) is 22.7 Å². The summed E-state index contributed by atoms with van der Waals surface area (Å²) in [5.41, 5.74) is 0.0131. The van der Waals surface area contributed by atoms with Gasteiger partial charge in [0.2, 0.25) is 11.7 Å². The van der Waals surface area contributed by atoms with Gasteiger partial charge >= 0.3 is 0 Å². The molecule has 1 atom stereocenters. The van der Waals surface area contributed by atoms with Crippen molar-refractivity contribution in [1.29, 1.82) is 0 Å². The van der Waals surface area contributed by atoms with Crippen LogP contribution in [0, 0.1) is 0 Å². The lowest BCUT2D eigenvalue weighted by Gasteiger charge is -2.33. The summed E-state index contributed by atoms with van der Waals surface area (Å²) in [7, 11) is 0. The van der Waals surface area contributed by atoms with E-state index in [2.05, 4.69) is 20.1 Å². The number of hydrogen-bond donors (Lipinski definition) is 1. The average molecular weight is 444 g/mol. The molecule has 166 valence electrons. The quantitative estimate of drug-likeness (QED) is 0.514. The van der Waals surface area contributed by atoms with Crippen LogP contribution in [0.4, 0.5) is 13.2 Å². The van der Waals surface area contributed by atoms with E-state index in [4.69, 9.17) is 4.42 Å². The molecule has 0 unspecified atom stereocenters. The Hall–Kier alpha value is -3.63. The number of imidazole rings is 1. The Morgan fingerprint density at radius 2 is 2.16 bits per heavy atom. The van der Waals surface area contributed by atoms with Crippen LogP contribution in [0.1, 0.15) is 65.4 Å². The molecule has 11 heteroatoms. The molecule has 0 spiro atoms. The Morgan fingerprint density at radius 1 is 1.34 bits per heavy atom. The number of alkyl halides is 3. The molecule has 1 aliphatic rings. The van der Waals surface area contributed by atoms with E-state index < -0.39 is 24.0 Å². The molecule has 5 rings (SSSR count). The highest BCUT2D eigenvalue weighted by Crippen LogP contribution is 2.36. The number of carbonyl (C=O) groups is 1. The summed E-state index contributed by atoms with van der Waals surface area (Å²) in [4.78, 5) is 26.1. The van der Waals surface area contributed by atoms with Crippen molar-refractivity contribution in [2.24, 2.45) is 0 Å². The Labute approximate surface area is 180 Å². The van der Waals surface area contributed by atoms with Crippen molar-refractivity contribution in [3.63, 3.8) is 0 Å². The summed E-state index contributed by atoms with van der Waals surface area (Å²) in [5.74, 6) is -0.839. The summed E-state index contributed by atoms with van der Waals surface area (Å²) in [6.07, 6.45) is 2.10. The Kier molecular flexibility index (Phi) is 4.57. The van der Waals surface area contributed by atoms with Gasteiger partial charge in [-0.05, 0) is 32.0 Å². The summed E-state index contributed by atoms with van der Waals surface area (Å²) in [5, 5.41) is 4.46. The fraction of sp³-hybridized carbons (Fsp3) is 0.333. The van der Waals surface area contributed by atoms with Crippen molar-refractivity contribution < 1.29 is 22.4 Å². The maximum Gasteiger partial charge on any atom is 0.292 e. The summed E-state index contributed by atoms with van der Waals surface area (Å²) in [6, 6.07) is 3.62. The number of nitrogens with zero attached hydrogens (tertiary/aromatic N) is 5. The lowest BCUT2D eigenvalue weighted by molar-refractivity contribution is 0.0643. The maximum atomic E-state index is 14.2. The highest BCUT2D eigenvalue weighted by molar-refractivity contribution is 5.92. The molecule has 1 N–H and O–H groups in total. The van der Waals surface area contributed by atoms with Crippen LogP contribution in [0.15, 0.2) is 41.3 Å². The lowest BCUT2D eigenvalue weighted by Crippen LogP contribution is -2.40. The molecule has 8 nitrogen and oxygen atoms in total. The largest absolute Gasteiger partial charge is 0.432 e. The fourth-order valence-corrected chi connectivity index (χ4v) is 3.96. The molecule has 4 aromatic rings. The second-order valence-electron chi connectivity index (χ2n) is 8.08. The second kappa shape index (κ2) is 7.21. The van der Waals surface area contributed by atoms with Crippen molar-refractivity contribution in [2.75, 3.05) is 6.54 Å². The molecule has 0 radical (unpaired) electrons. The smallest absolute Gasteiger partial charge is 0.292 e. The zero-order valence-corrected chi connectivity index (χ0v) is 17.2. The van der Waals surface area contributed by atoms with Crippen molar-refractivity contribution in [1.82, 2.24) is 29.5 Å². The average Bonchev–Trinajstić information content (AvgIpc) is 3.50. The minimum absolute atomic E-state index is 0.119. The molecular weight excluding hydrogens is 425 g/mol. The summed E-state index contributed by atoms with van der Waals surface area (Å²) in [6.45, 7) is 2.86. The van der Waals surface area contributed by atoms with Gasteiger partial charge in [-0.1, -0.05) is 0 Å². The topological polar surface area (TPSA) is 92.3 Å². The number of nitrogens with one attached hydrogen (secondary N) is 1. The van der Waals surface area contributed by atoms with Crippen LogP contribution in [-0.2, 0) is 12.1 Å². The normalized spacial score (nSPS) is 16.7. The van der Waals surface area contributed by atoms with Gasteiger partial charge in [-0.2, -0.15) is 5.10 Å². The molecule has 4 aromatic heterocycles. The number of amides is 1. The van der Waals surface area contributed by atoms with Gasteiger partial charge in [0.25, 0.3) is 12.3 Å². The van der Waals surface area contributed by atoms with Crippen molar-refractivity contribution in [2.45, 2.75) is 38.4 Å². The van der Waals surface area contributed by atoms with E-state index in [1.807, 2.05) is 0 Å². The van der Waals surface area contributed by atoms with Gasteiger partial charge < -0.3 is 14.3 Å². The number of oxazole rings is 1. The van der Waals surface area contributed by atoms with Crippen LogP contribution in [0.5, 0.6) is 0 Å². The number of rotatable bonds is 4. The summed E-state index contributed by atoms with van der Waals surface area (Å²) >= 11 is 0. The minimum Gasteiger partial charge on any atom is -0.432 e. The first-order chi connectivity index (χ1) is 15.2. The van der Waals surface area contributed by atoms with E-state index in [1.165, 1.54) is 54.0 Å². The Bertz CT molecular complexity index is 1300. The molecule has 0 bridgehead atoms. The third kappa shape index (κ3) is 3.24. The van der Waals surface area contributed by atoms with Crippen LogP contribution in [0.2, 0.25) is 0 Å². The van der Waals surface area contributed by atoms with Gasteiger partial charge in [0.1, 0.15) is 6.04 Å². The molecule has 1 aliphatic heterocycles. The van der Waals surface area contributed by atoms with Crippen LogP contribution in [-0.4, -0.2) is 41.9 Å². The third-order valence-electron chi connectivity index (χ3n) is 5.48. The Morgan fingerprint density at radius 3 is 2.88 bits per heavy atom. The first-order valence-electron chi connectivity index (χ1n) is 9.98. The molecule has 0 aromatic carbocycles. The van der Waals surface area contributed by atoms with Crippen LogP contribution < -0.4 is 0 Å². The Balaban J connectivity index is 1.60. The number of carbonyl (C=O) groups excluding carboxylic acids is 1. The molecule has 0 fully saturated rings. The highest BCUT2D eigenvalue weighted by atomic mass is 19.3. The third-order valence-corrected chi connectivity index (χ3v) is 5.48. The van der Waals surface area contributed by atoms with E-state index in [0.29, 0.717) is 24.4 Å². The van der Waals surface area contributed by atoms with Crippen LogP contribution in [0.3, 0.4) is 0 Å². The molecule has 5 heterocycles. The monoisotopic (exact) mass is 444 g/mol. The first kappa shape index (κ1) is 20.3. The number of aromatic nitrogens is 5. The van der Waals surface area contributed by atoms with Crippen molar-refractivity contribution >= 4 is 11.4 Å². The van der Waals surface area contributed by atoms with Gasteiger partial charge in [0.05, 0.1) is 29.4 Å². The van der Waals surface area contributed by atoms with Gasteiger partial charge in [0.15, 0.2) is 5.67 Å². The second-order valence-corrected chi connectivity index (χ2v) is 8.08. The fourth-order valence-electron chi connectivity index (χ4n) is 3.96. The minimum atomic E-state index is -2.68. The predicted octanol–water partition coefficient (Wildman–Crippen LogP) is 3.98. The van der Waals surface area contributed by atoms with Gasteiger partial charge in [0, 0.05) is 30.4 Å². The number of halogens is 3. The van der Waals surface area contributed by atoms with E-state index in [1.54, 1.807) is 6.20 Å². The molecule has 1 amide bonds. The maximum absolute atomic E-state index is 14.2. The zero-order valence-electron chi connectivity index (χ0n) is 17.2. The molecule has 32 heavy (non-hydrogen) atoms. The molecule has 0 saturated heterocycles.